The SMILES string of the molecule is CC(C)c1nc(-c2ccco2)nc2[nH]cc(Br)c12. The Kier molecular flexibility index (Phi) is 2.70. The van der Waals surface area contributed by atoms with Gasteiger partial charge in [-0.15, -0.1) is 0 Å². The highest BCUT2D eigenvalue weighted by molar-refractivity contribution is 9.10. The maximum atomic E-state index is 5.36. The van der Waals surface area contributed by atoms with Crippen molar-refractivity contribution in [3.05, 3.63) is 34.8 Å². The minimum Gasteiger partial charge on any atom is -0.461 e. The van der Waals surface area contributed by atoms with Crippen LogP contribution in [0.3, 0.4) is 0 Å². The van der Waals surface area contributed by atoms with Crippen LogP contribution in [-0.2, 0) is 0 Å². The summed E-state index contributed by atoms with van der Waals surface area (Å²) >= 11 is 3.52. The zero-order chi connectivity index (χ0) is 12.7. The van der Waals surface area contributed by atoms with Gasteiger partial charge in [0.15, 0.2) is 11.6 Å². The number of hydrogen-bond donors (Lipinski definition) is 1. The van der Waals surface area contributed by atoms with Gasteiger partial charge < -0.3 is 9.40 Å². The van der Waals surface area contributed by atoms with Gasteiger partial charge >= 0.3 is 0 Å². The molecule has 0 aliphatic carbocycles. The third-order valence-corrected chi connectivity index (χ3v) is 3.43. The Morgan fingerprint density at radius 3 is 2.83 bits per heavy atom. The van der Waals surface area contributed by atoms with Gasteiger partial charge in [0.1, 0.15) is 5.65 Å². The molecule has 4 nitrogen and oxygen atoms in total. The van der Waals surface area contributed by atoms with Gasteiger partial charge in [-0.1, -0.05) is 13.8 Å². The standard InChI is InChI=1S/C13H12BrN3O/c1-7(2)11-10-8(14)6-15-13(10)17-12(16-11)9-4-3-5-18-9/h3-7H,1-2H3,(H,15,16,17). The summed E-state index contributed by atoms with van der Waals surface area (Å²) in [7, 11) is 0. The van der Waals surface area contributed by atoms with E-state index in [2.05, 4.69) is 44.7 Å². The van der Waals surface area contributed by atoms with Gasteiger partial charge in [0, 0.05) is 10.7 Å². The number of aromatic amines is 1. The second-order valence-electron chi connectivity index (χ2n) is 4.42. The summed E-state index contributed by atoms with van der Waals surface area (Å²) in [4.78, 5) is 12.3. The maximum absolute atomic E-state index is 5.36. The van der Waals surface area contributed by atoms with Gasteiger partial charge in [-0.2, -0.15) is 0 Å². The zero-order valence-corrected chi connectivity index (χ0v) is 11.7. The van der Waals surface area contributed by atoms with Gasteiger partial charge in [-0.25, -0.2) is 9.97 Å². The largest absolute Gasteiger partial charge is 0.461 e. The fourth-order valence-electron chi connectivity index (χ4n) is 1.96. The van der Waals surface area contributed by atoms with Crippen molar-refractivity contribution in [2.75, 3.05) is 0 Å². The van der Waals surface area contributed by atoms with Crippen LogP contribution < -0.4 is 0 Å². The Hall–Kier alpha value is -1.62. The van der Waals surface area contributed by atoms with Crippen LogP contribution in [0.2, 0.25) is 0 Å². The Morgan fingerprint density at radius 1 is 1.33 bits per heavy atom. The predicted octanol–water partition coefficient (Wildman–Crippen LogP) is 4.10. The van der Waals surface area contributed by atoms with Crippen LogP contribution in [0.5, 0.6) is 0 Å². The summed E-state index contributed by atoms with van der Waals surface area (Å²) in [5.41, 5.74) is 1.84. The monoisotopic (exact) mass is 305 g/mol. The van der Waals surface area contributed by atoms with E-state index in [1.54, 1.807) is 6.26 Å². The molecule has 3 aromatic heterocycles. The third kappa shape index (κ3) is 1.75. The summed E-state index contributed by atoms with van der Waals surface area (Å²) in [5, 5.41) is 1.04. The summed E-state index contributed by atoms with van der Waals surface area (Å²) in [5.74, 6) is 1.62. The van der Waals surface area contributed by atoms with Crippen molar-refractivity contribution in [2.24, 2.45) is 0 Å². The topological polar surface area (TPSA) is 54.7 Å². The number of hydrogen-bond acceptors (Lipinski definition) is 3. The lowest BCUT2D eigenvalue weighted by Gasteiger charge is -2.08. The van der Waals surface area contributed by atoms with Crippen molar-refractivity contribution in [3.63, 3.8) is 0 Å². The fraction of sp³-hybridized carbons (Fsp3) is 0.231. The lowest BCUT2D eigenvalue weighted by Crippen LogP contribution is -1.98. The van der Waals surface area contributed by atoms with Crippen molar-refractivity contribution >= 4 is 27.0 Å². The predicted molar refractivity (Wildman–Crippen MR) is 73.4 cm³/mol. The number of halogens is 1. The lowest BCUT2D eigenvalue weighted by molar-refractivity contribution is 0.577. The Balaban J connectivity index is 2.31. The molecule has 0 saturated heterocycles. The number of H-pyrrole nitrogens is 1. The number of nitrogens with zero attached hydrogens (tertiary/aromatic N) is 2. The van der Waals surface area contributed by atoms with E-state index in [1.807, 2.05) is 18.3 Å². The third-order valence-electron chi connectivity index (χ3n) is 2.80. The van der Waals surface area contributed by atoms with E-state index in [-0.39, 0.29) is 0 Å². The molecule has 0 radical (unpaired) electrons. The molecule has 0 aliphatic rings. The average Bonchev–Trinajstić information content (AvgIpc) is 2.98. The molecule has 0 aromatic carbocycles. The molecule has 3 rings (SSSR count). The van der Waals surface area contributed by atoms with Crippen LogP contribution in [0.4, 0.5) is 0 Å². The first-order chi connectivity index (χ1) is 8.66. The minimum absolute atomic E-state index is 0.316. The van der Waals surface area contributed by atoms with E-state index in [0.717, 1.165) is 21.2 Å². The molecular formula is C13H12BrN3O. The molecule has 0 aliphatic heterocycles. The molecule has 5 heteroatoms. The molecule has 0 spiro atoms. The van der Waals surface area contributed by atoms with Crippen LogP contribution in [0, 0.1) is 0 Å². The van der Waals surface area contributed by atoms with Crippen LogP contribution in [-0.4, -0.2) is 15.0 Å². The molecule has 0 amide bonds. The second-order valence-corrected chi connectivity index (χ2v) is 5.28. The first kappa shape index (κ1) is 11.5. The average molecular weight is 306 g/mol. The molecule has 92 valence electrons. The van der Waals surface area contributed by atoms with Gasteiger partial charge in [-0.3, -0.25) is 0 Å². The molecular weight excluding hydrogens is 294 g/mol. The number of fused-ring (bicyclic) bond motifs is 1. The van der Waals surface area contributed by atoms with E-state index < -0.39 is 0 Å². The fourth-order valence-corrected chi connectivity index (χ4v) is 2.46. The van der Waals surface area contributed by atoms with E-state index >= 15 is 0 Å². The highest BCUT2D eigenvalue weighted by Gasteiger charge is 2.16. The van der Waals surface area contributed by atoms with Crippen LogP contribution in [0.15, 0.2) is 33.5 Å². The summed E-state index contributed by atoms with van der Waals surface area (Å²) in [6, 6.07) is 3.70. The van der Waals surface area contributed by atoms with Crippen LogP contribution >= 0.6 is 15.9 Å². The Bertz CT molecular complexity index is 686. The minimum atomic E-state index is 0.316. The van der Waals surface area contributed by atoms with Crippen molar-refractivity contribution in [3.8, 4) is 11.6 Å². The highest BCUT2D eigenvalue weighted by atomic mass is 79.9. The second kappa shape index (κ2) is 4.24. The van der Waals surface area contributed by atoms with Crippen molar-refractivity contribution < 1.29 is 4.42 Å². The van der Waals surface area contributed by atoms with Gasteiger partial charge in [0.05, 0.1) is 17.3 Å². The van der Waals surface area contributed by atoms with E-state index in [9.17, 15) is 0 Å². The van der Waals surface area contributed by atoms with Crippen molar-refractivity contribution in [1.29, 1.82) is 0 Å². The first-order valence-electron chi connectivity index (χ1n) is 5.75. The quantitative estimate of drug-likeness (QED) is 0.775. The summed E-state index contributed by atoms with van der Waals surface area (Å²) < 4.78 is 6.35. The molecule has 0 bridgehead atoms. The van der Waals surface area contributed by atoms with Gasteiger partial charge in [0.25, 0.3) is 0 Å². The molecule has 1 N–H and O–H groups in total. The van der Waals surface area contributed by atoms with Crippen LogP contribution in [0.1, 0.15) is 25.5 Å². The molecule has 0 atom stereocenters. The molecule has 0 saturated carbocycles. The number of furan rings is 1. The van der Waals surface area contributed by atoms with E-state index in [4.69, 9.17) is 4.42 Å². The smallest absolute Gasteiger partial charge is 0.197 e. The summed E-state index contributed by atoms with van der Waals surface area (Å²) in [6.45, 7) is 4.24. The Morgan fingerprint density at radius 2 is 2.17 bits per heavy atom. The zero-order valence-electron chi connectivity index (χ0n) is 10.1. The van der Waals surface area contributed by atoms with Crippen molar-refractivity contribution in [1.82, 2.24) is 15.0 Å². The normalized spacial score (nSPS) is 11.6. The Labute approximate surface area is 113 Å². The lowest BCUT2D eigenvalue weighted by atomic mass is 10.1. The molecule has 0 unspecified atom stereocenters. The maximum Gasteiger partial charge on any atom is 0.197 e. The van der Waals surface area contributed by atoms with Crippen molar-refractivity contribution in [2.45, 2.75) is 19.8 Å². The van der Waals surface area contributed by atoms with E-state index in [1.165, 1.54) is 0 Å². The van der Waals surface area contributed by atoms with E-state index in [0.29, 0.717) is 17.5 Å². The molecule has 3 aromatic rings. The van der Waals surface area contributed by atoms with Gasteiger partial charge in [0.2, 0.25) is 0 Å². The number of aromatic nitrogens is 3. The molecule has 3 heterocycles. The summed E-state index contributed by atoms with van der Waals surface area (Å²) in [6.07, 6.45) is 3.51. The van der Waals surface area contributed by atoms with Gasteiger partial charge in [-0.05, 0) is 34.0 Å². The molecule has 0 fully saturated rings. The van der Waals surface area contributed by atoms with Crippen LogP contribution in [0.25, 0.3) is 22.6 Å². The highest BCUT2D eigenvalue weighted by Crippen LogP contribution is 2.31. The molecule has 18 heavy (non-hydrogen) atoms. The first-order valence-corrected chi connectivity index (χ1v) is 6.54. The number of rotatable bonds is 2. The number of nitrogens with one attached hydrogen (secondary N) is 1.